The molecular formula is C17H15N3O5S. The van der Waals surface area contributed by atoms with Crippen LogP contribution in [0.2, 0.25) is 0 Å². The zero-order valence-corrected chi connectivity index (χ0v) is 14.4. The van der Waals surface area contributed by atoms with Crippen molar-refractivity contribution >= 4 is 27.4 Å². The molecule has 0 saturated carbocycles. The summed E-state index contributed by atoms with van der Waals surface area (Å²) in [6.07, 6.45) is 1.14. The van der Waals surface area contributed by atoms with Gasteiger partial charge in [-0.15, -0.1) is 0 Å². The van der Waals surface area contributed by atoms with Crippen molar-refractivity contribution in [3.63, 3.8) is 0 Å². The topological polar surface area (TPSA) is 129 Å². The van der Waals surface area contributed by atoms with Crippen molar-refractivity contribution in [2.45, 2.75) is 4.90 Å². The van der Waals surface area contributed by atoms with Crippen LogP contribution in [-0.2, 0) is 14.9 Å². The first-order valence-corrected chi connectivity index (χ1v) is 8.67. The van der Waals surface area contributed by atoms with E-state index < -0.39 is 16.0 Å². The van der Waals surface area contributed by atoms with E-state index in [0.29, 0.717) is 11.4 Å². The zero-order chi connectivity index (χ0) is 19.2. The average Bonchev–Trinajstić information content (AvgIpc) is 2.62. The minimum atomic E-state index is -4.35. The molecule has 3 N–H and O–H groups in total. The highest BCUT2D eigenvalue weighted by molar-refractivity contribution is 7.85. The summed E-state index contributed by atoms with van der Waals surface area (Å²) in [5.41, 5.74) is 0.536. The molecule has 2 rings (SSSR count). The maximum absolute atomic E-state index is 12.1. The lowest BCUT2D eigenvalue weighted by Crippen LogP contribution is -2.14. The number of ether oxygens (including phenoxy) is 1. The summed E-state index contributed by atoms with van der Waals surface area (Å²) in [5, 5.41) is 14.4. The van der Waals surface area contributed by atoms with E-state index in [0.717, 1.165) is 6.20 Å². The summed E-state index contributed by atoms with van der Waals surface area (Å²) in [6, 6.07) is 13.6. The lowest BCUT2D eigenvalue weighted by molar-refractivity contribution is -0.112. The Balaban J connectivity index is 2.12. The first-order chi connectivity index (χ1) is 12.3. The minimum Gasteiger partial charge on any atom is -0.497 e. The number of benzene rings is 2. The van der Waals surface area contributed by atoms with Crippen molar-refractivity contribution < 1.29 is 22.5 Å². The van der Waals surface area contributed by atoms with Crippen molar-refractivity contribution in [2.75, 3.05) is 17.7 Å². The number of amides is 1. The quantitative estimate of drug-likeness (QED) is 0.403. The number of hydrogen-bond acceptors (Lipinski definition) is 6. The fraction of sp³-hybridized carbons (Fsp3) is 0.0588. The molecule has 0 fully saturated rings. The van der Waals surface area contributed by atoms with Crippen LogP contribution in [0.4, 0.5) is 11.4 Å². The third kappa shape index (κ3) is 5.07. The minimum absolute atomic E-state index is 0.224. The lowest BCUT2D eigenvalue weighted by atomic mass is 10.2. The summed E-state index contributed by atoms with van der Waals surface area (Å²) in [4.78, 5) is 11.8. The van der Waals surface area contributed by atoms with Crippen LogP contribution in [0.1, 0.15) is 0 Å². The van der Waals surface area contributed by atoms with Gasteiger partial charge in [-0.1, -0.05) is 6.07 Å². The third-order valence-corrected chi connectivity index (χ3v) is 4.08. The molecule has 0 bridgehead atoms. The van der Waals surface area contributed by atoms with Crippen LogP contribution in [0.3, 0.4) is 0 Å². The molecule has 9 heteroatoms. The number of nitrogens with zero attached hydrogens (tertiary/aromatic N) is 1. The molecule has 0 aromatic heterocycles. The first kappa shape index (κ1) is 19.0. The Hall–Kier alpha value is -3.35. The van der Waals surface area contributed by atoms with E-state index in [1.165, 1.54) is 31.4 Å². The van der Waals surface area contributed by atoms with Gasteiger partial charge in [0.05, 0.1) is 12.0 Å². The highest BCUT2D eigenvalue weighted by atomic mass is 32.2. The van der Waals surface area contributed by atoms with E-state index in [1.54, 1.807) is 30.3 Å². The highest BCUT2D eigenvalue weighted by Gasteiger charge is 2.11. The molecule has 0 spiro atoms. The number of methoxy groups -OCH3 is 1. The van der Waals surface area contributed by atoms with Crippen LogP contribution in [0, 0.1) is 11.3 Å². The predicted octanol–water partition coefficient (Wildman–Crippen LogP) is 2.40. The van der Waals surface area contributed by atoms with E-state index in [1.807, 2.05) is 0 Å². The Bertz CT molecular complexity index is 976. The fourth-order valence-corrected chi connectivity index (χ4v) is 2.45. The Kier molecular flexibility index (Phi) is 5.95. The SMILES string of the molecule is COc1ccc(NC(=O)/C(C#N)=C\Nc2cccc(S(=O)(=O)O)c2)cc1. The van der Waals surface area contributed by atoms with Crippen LogP contribution in [0.25, 0.3) is 0 Å². The summed E-state index contributed by atoms with van der Waals surface area (Å²) in [6.45, 7) is 0. The van der Waals surface area contributed by atoms with E-state index in [2.05, 4.69) is 10.6 Å². The number of nitrogens with one attached hydrogen (secondary N) is 2. The number of rotatable bonds is 6. The van der Waals surface area contributed by atoms with Crippen LogP contribution >= 0.6 is 0 Å². The van der Waals surface area contributed by atoms with E-state index in [-0.39, 0.29) is 16.2 Å². The Morgan fingerprint density at radius 2 is 1.88 bits per heavy atom. The molecule has 0 saturated heterocycles. The second-order valence-corrected chi connectivity index (χ2v) is 6.42. The van der Waals surface area contributed by atoms with Crippen LogP contribution in [0.5, 0.6) is 5.75 Å². The van der Waals surface area contributed by atoms with Crippen LogP contribution in [0.15, 0.2) is 65.2 Å². The summed E-state index contributed by atoms with van der Waals surface area (Å²) < 4.78 is 36.3. The molecule has 2 aromatic carbocycles. The van der Waals surface area contributed by atoms with Crippen molar-refractivity contribution in [1.29, 1.82) is 5.26 Å². The van der Waals surface area contributed by atoms with Gasteiger partial charge < -0.3 is 15.4 Å². The molecule has 0 heterocycles. The zero-order valence-electron chi connectivity index (χ0n) is 13.6. The van der Waals surface area contributed by atoms with Crippen LogP contribution in [-0.4, -0.2) is 26.0 Å². The van der Waals surface area contributed by atoms with Crippen molar-refractivity contribution in [1.82, 2.24) is 0 Å². The van der Waals surface area contributed by atoms with E-state index >= 15 is 0 Å². The van der Waals surface area contributed by atoms with Gasteiger partial charge in [-0.3, -0.25) is 9.35 Å². The molecule has 0 unspecified atom stereocenters. The normalized spacial score (nSPS) is 11.3. The Morgan fingerprint density at radius 1 is 1.19 bits per heavy atom. The standard InChI is InChI=1S/C17H15N3O5S/c1-25-15-7-5-13(6-8-15)20-17(21)12(10-18)11-19-14-3-2-4-16(9-14)26(22,23)24/h2-9,11,19H,1H3,(H,20,21)(H,22,23,24)/b12-11-. The fourth-order valence-electron chi connectivity index (χ4n) is 1.92. The Labute approximate surface area is 150 Å². The highest BCUT2D eigenvalue weighted by Crippen LogP contribution is 2.17. The van der Waals surface area contributed by atoms with E-state index in [9.17, 15) is 13.2 Å². The molecule has 134 valence electrons. The summed E-state index contributed by atoms with van der Waals surface area (Å²) in [7, 11) is -2.83. The van der Waals surface area contributed by atoms with Gasteiger partial charge >= 0.3 is 0 Å². The third-order valence-electron chi connectivity index (χ3n) is 3.23. The lowest BCUT2D eigenvalue weighted by Gasteiger charge is -2.07. The van der Waals surface area contributed by atoms with Gasteiger partial charge in [0.2, 0.25) is 0 Å². The van der Waals surface area contributed by atoms with E-state index in [4.69, 9.17) is 14.6 Å². The molecule has 8 nitrogen and oxygen atoms in total. The van der Waals surface area contributed by atoms with Gasteiger partial charge in [0.25, 0.3) is 16.0 Å². The predicted molar refractivity (Wildman–Crippen MR) is 95.2 cm³/mol. The number of nitriles is 1. The number of anilines is 2. The van der Waals surface area contributed by atoms with Gasteiger partial charge in [-0.25, -0.2) is 0 Å². The first-order valence-electron chi connectivity index (χ1n) is 7.23. The van der Waals surface area contributed by atoms with Crippen LogP contribution < -0.4 is 15.4 Å². The monoisotopic (exact) mass is 373 g/mol. The maximum atomic E-state index is 12.1. The second-order valence-electron chi connectivity index (χ2n) is 5.00. The maximum Gasteiger partial charge on any atom is 0.294 e. The van der Waals surface area contributed by atoms with Crippen molar-refractivity contribution in [3.05, 3.63) is 60.3 Å². The van der Waals surface area contributed by atoms with Crippen molar-refractivity contribution in [2.24, 2.45) is 0 Å². The van der Waals surface area contributed by atoms with Gasteiger partial charge in [0.15, 0.2) is 0 Å². The molecule has 0 aliphatic heterocycles. The number of hydrogen-bond donors (Lipinski definition) is 3. The summed E-state index contributed by atoms with van der Waals surface area (Å²) >= 11 is 0. The van der Waals surface area contributed by atoms with Gasteiger partial charge in [0, 0.05) is 17.6 Å². The Morgan fingerprint density at radius 3 is 2.46 bits per heavy atom. The average molecular weight is 373 g/mol. The molecule has 2 aromatic rings. The van der Waals surface area contributed by atoms with Gasteiger partial charge in [-0.2, -0.15) is 13.7 Å². The number of carbonyl (C=O) groups excluding carboxylic acids is 1. The number of carbonyl (C=O) groups is 1. The summed E-state index contributed by atoms with van der Waals surface area (Å²) in [5.74, 6) is -0.0180. The molecule has 26 heavy (non-hydrogen) atoms. The molecule has 0 atom stereocenters. The smallest absolute Gasteiger partial charge is 0.294 e. The van der Waals surface area contributed by atoms with Gasteiger partial charge in [0.1, 0.15) is 17.4 Å². The molecule has 0 aliphatic carbocycles. The largest absolute Gasteiger partial charge is 0.497 e. The second kappa shape index (κ2) is 8.15. The molecule has 0 radical (unpaired) electrons. The molecular weight excluding hydrogens is 358 g/mol. The molecule has 1 amide bonds. The molecule has 0 aliphatic rings. The van der Waals surface area contributed by atoms with Crippen molar-refractivity contribution in [3.8, 4) is 11.8 Å². The van der Waals surface area contributed by atoms with Gasteiger partial charge in [-0.05, 0) is 42.5 Å².